The van der Waals surface area contributed by atoms with Crippen LogP contribution in [0.25, 0.3) is 11.3 Å². The smallest absolute Gasteiger partial charge is 0.261 e. The molecule has 0 spiro atoms. The van der Waals surface area contributed by atoms with E-state index in [9.17, 15) is 8.42 Å². The molecule has 150 valence electrons. The first-order valence-corrected chi connectivity index (χ1v) is 11.2. The van der Waals surface area contributed by atoms with Crippen molar-refractivity contribution in [3.8, 4) is 17.1 Å². The third-order valence-electron chi connectivity index (χ3n) is 4.97. The molecule has 1 N–H and O–H groups in total. The Labute approximate surface area is 171 Å². The molecule has 0 bridgehead atoms. The lowest BCUT2D eigenvalue weighted by Gasteiger charge is -2.17. The first-order valence-electron chi connectivity index (χ1n) is 9.77. The Bertz CT molecular complexity index is 1110. The van der Waals surface area contributed by atoms with Crippen LogP contribution in [0, 0.1) is 0 Å². The molecule has 0 fully saturated rings. The van der Waals surface area contributed by atoms with Gasteiger partial charge in [-0.1, -0.05) is 18.2 Å². The average Bonchev–Trinajstić information content (AvgIpc) is 2.74. The van der Waals surface area contributed by atoms with E-state index in [4.69, 9.17) is 4.74 Å². The van der Waals surface area contributed by atoms with Crippen molar-refractivity contribution < 1.29 is 13.2 Å². The van der Waals surface area contributed by atoms with Gasteiger partial charge in [-0.2, -0.15) is 0 Å². The van der Waals surface area contributed by atoms with Gasteiger partial charge >= 0.3 is 0 Å². The molecule has 4 rings (SSSR count). The minimum atomic E-state index is -3.67. The second kappa shape index (κ2) is 8.21. The predicted molar refractivity (Wildman–Crippen MR) is 113 cm³/mol. The number of fused-ring (bicyclic) bond motifs is 1. The zero-order valence-corrected chi connectivity index (χ0v) is 17.1. The van der Waals surface area contributed by atoms with Crippen molar-refractivity contribution >= 4 is 15.7 Å². The van der Waals surface area contributed by atoms with Crippen molar-refractivity contribution in [3.63, 3.8) is 0 Å². The summed E-state index contributed by atoms with van der Waals surface area (Å²) in [5.41, 5.74) is 4.29. The maximum atomic E-state index is 12.9. The van der Waals surface area contributed by atoms with E-state index in [2.05, 4.69) is 14.9 Å². The molecule has 1 aromatic heterocycles. The Morgan fingerprint density at radius 2 is 1.79 bits per heavy atom. The van der Waals surface area contributed by atoms with Crippen molar-refractivity contribution in [2.24, 2.45) is 0 Å². The number of ether oxygens (including phenoxy) is 1. The number of nitrogens with one attached hydrogen (secondary N) is 1. The van der Waals surface area contributed by atoms with Crippen LogP contribution in [0.4, 0.5) is 5.69 Å². The summed E-state index contributed by atoms with van der Waals surface area (Å²) in [7, 11) is -3.67. The first-order chi connectivity index (χ1) is 14.0. The van der Waals surface area contributed by atoms with Gasteiger partial charge in [0.05, 0.1) is 17.2 Å². The molecule has 1 aliphatic carbocycles. The summed E-state index contributed by atoms with van der Waals surface area (Å²) in [5, 5.41) is 8.19. The largest absolute Gasteiger partial charge is 0.477 e. The zero-order chi connectivity index (χ0) is 20.3. The molecule has 1 aliphatic rings. The summed E-state index contributed by atoms with van der Waals surface area (Å²) in [5.74, 6) is 0.459. The monoisotopic (exact) mass is 409 g/mol. The van der Waals surface area contributed by atoms with Crippen LogP contribution >= 0.6 is 0 Å². The minimum absolute atomic E-state index is 0.296. The second-order valence-electron chi connectivity index (χ2n) is 7.01. The molecule has 0 amide bonds. The molecule has 29 heavy (non-hydrogen) atoms. The summed E-state index contributed by atoms with van der Waals surface area (Å²) < 4.78 is 33.8. The standard InChI is InChI=1S/C22H23N3O3S/c1-2-28-22-13-12-21(23-24-22)18-8-5-9-19(14-18)25-29(26,27)20-11-10-16-6-3-4-7-17(16)15-20/h5,8-15,25H,2-4,6-7H2,1H3. The van der Waals surface area contributed by atoms with Gasteiger partial charge in [0.15, 0.2) is 0 Å². The van der Waals surface area contributed by atoms with Crippen LogP contribution in [0.2, 0.25) is 0 Å². The number of nitrogens with zero attached hydrogens (tertiary/aromatic N) is 2. The SMILES string of the molecule is CCOc1ccc(-c2cccc(NS(=O)(=O)c3ccc4c(c3)CCCC4)c2)nn1. The fourth-order valence-electron chi connectivity index (χ4n) is 3.53. The molecule has 0 radical (unpaired) electrons. The molecule has 0 unspecified atom stereocenters. The number of anilines is 1. The molecular formula is C22H23N3O3S. The fraction of sp³-hybridized carbons (Fsp3) is 0.273. The fourth-order valence-corrected chi connectivity index (χ4v) is 4.63. The Morgan fingerprint density at radius 3 is 2.55 bits per heavy atom. The van der Waals surface area contributed by atoms with Crippen LogP contribution in [0.5, 0.6) is 5.88 Å². The molecule has 6 nitrogen and oxygen atoms in total. The van der Waals surface area contributed by atoms with Crippen molar-refractivity contribution in [2.75, 3.05) is 11.3 Å². The molecule has 0 aliphatic heterocycles. The molecule has 1 heterocycles. The Hall–Kier alpha value is -2.93. The Kier molecular flexibility index (Phi) is 5.49. The van der Waals surface area contributed by atoms with E-state index in [0.717, 1.165) is 30.4 Å². The van der Waals surface area contributed by atoms with Gasteiger partial charge in [0, 0.05) is 17.3 Å². The highest BCUT2D eigenvalue weighted by Crippen LogP contribution is 2.27. The number of sulfonamides is 1. The quantitative estimate of drug-likeness (QED) is 0.659. The van der Waals surface area contributed by atoms with Crippen LogP contribution in [-0.4, -0.2) is 25.2 Å². The second-order valence-corrected chi connectivity index (χ2v) is 8.70. The molecule has 3 aromatic rings. The highest BCUT2D eigenvalue weighted by molar-refractivity contribution is 7.92. The van der Waals surface area contributed by atoms with E-state index >= 15 is 0 Å². The number of benzene rings is 2. The van der Waals surface area contributed by atoms with Gasteiger partial charge in [0.1, 0.15) is 0 Å². The van der Waals surface area contributed by atoms with E-state index in [-0.39, 0.29) is 0 Å². The van der Waals surface area contributed by atoms with Crippen molar-refractivity contribution in [2.45, 2.75) is 37.5 Å². The van der Waals surface area contributed by atoms with Crippen LogP contribution in [0.15, 0.2) is 59.5 Å². The molecular weight excluding hydrogens is 386 g/mol. The topological polar surface area (TPSA) is 81.2 Å². The first kappa shape index (κ1) is 19.4. The van der Waals surface area contributed by atoms with Crippen molar-refractivity contribution in [3.05, 3.63) is 65.7 Å². The van der Waals surface area contributed by atoms with Gasteiger partial charge < -0.3 is 4.74 Å². The van der Waals surface area contributed by atoms with Gasteiger partial charge in [-0.3, -0.25) is 4.72 Å². The normalized spacial score (nSPS) is 13.6. The predicted octanol–water partition coefficient (Wildman–Crippen LogP) is 4.22. The summed E-state index contributed by atoms with van der Waals surface area (Å²) in [6.45, 7) is 2.40. The van der Waals surface area contributed by atoms with Crippen LogP contribution in [0.1, 0.15) is 30.9 Å². The lowest BCUT2D eigenvalue weighted by molar-refractivity contribution is 0.323. The van der Waals surface area contributed by atoms with E-state index in [1.807, 2.05) is 19.1 Å². The molecule has 2 aromatic carbocycles. The van der Waals surface area contributed by atoms with Crippen LogP contribution in [0.3, 0.4) is 0 Å². The Balaban J connectivity index is 1.57. The van der Waals surface area contributed by atoms with Gasteiger partial charge in [-0.05, 0) is 74.1 Å². The summed E-state index contributed by atoms with van der Waals surface area (Å²) >= 11 is 0. The van der Waals surface area contributed by atoms with Crippen LogP contribution in [-0.2, 0) is 22.9 Å². The highest BCUT2D eigenvalue weighted by Gasteiger charge is 2.18. The third kappa shape index (κ3) is 4.40. The average molecular weight is 410 g/mol. The van der Waals surface area contributed by atoms with Gasteiger partial charge in [-0.15, -0.1) is 10.2 Å². The highest BCUT2D eigenvalue weighted by atomic mass is 32.2. The van der Waals surface area contributed by atoms with E-state index in [1.165, 1.54) is 12.0 Å². The van der Waals surface area contributed by atoms with E-state index in [1.54, 1.807) is 42.5 Å². The minimum Gasteiger partial charge on any atom is -0.477 e. The Morgan fingerprint density at radius 1 is 0.966 bits per heavy atom. The van der Waals surface area contributed by atoms with Gasteiger partial charge in [0.25, 0.3) is 10.0 Å². The lowest BCUT2D eigenvalue weighted by Crippen LogP contribution is -2.14. The molecule has 0 saturated heterocycles. The summed E-state index contributed by atoms with van der Waals surface area (Å²) in [6.07, 6.45) is 4.23. The summed E-state index contributed by atoms with van der Waals surface area (Å²) in [4.78, 5) is 0.296. The molecule has 7 heteroatoms. The van der Waals surface area contributed by atoms with Gasteiger partial charge in [-0.25, -0.2) is 8.42 Å². The third-order valence-corrected chi connectivity index (χ3v) is 6.35. The number of rotatable bonds is 6. The van der Waals surface area contributed by atoms with E-state index < -0.39 is 10.0 Å². The maximum absolute atomic E-state index is 12.9. The van der Waals surface area contributed by atoms with Crippen molar-refractivity contribution in [1.29, 1.82) is 0 Å². The van der Waals surface area contributed by atoms with E-state index in [0.29, 0.717) is 28.8 Å². The number of aryl methyl sites for hydroxylation is 2. The zero-order valence-electron chi connectivity index (χ0n) is 16.3. The van der Waals surface area contributed by atoms with Crippen LogP contribution < -0.4 is 9.46 Å². The van der Waals surface area contributed by atoms with Gasteiger partial charge in [0.2, 0.25) is 5.88 Å². The molecule has 0 saturated carbocycles. The summed E-state index contributed by atoms with van der Waals surface area (Å²) in [6, 6.07) is 16.1. The lowest BCUT2D eigenvalue weighted by atomic mass is 9.92. The number of hydrogen-bond donors (Lipinski definition) is 1. The maximum Gasteiger partial charge on any atom is 0.261 e. The number of hydrogen-bond acceptors (Lipinski definition) is 5. The molecule has 0 atom stereocenters. The number of aromatic nitrogens is 2. The van der Waals surface area contributed by atoms with Crippen molar-refractivity contribution in [1.82, 2.24) is 10.2 Å².